The van der Waals surface area contributed by atoms with Gasteiger partial charge in [-0.25, -0.2) is 4.98 Å². The van der Waals surface area contributed by atoms with Crippen LogP contribution < -0.4 is 10.6 Å². The minimum Gasteiger partial charge on any atom is -0.384 e. The summed E-state index contributed by atoms with van der Waals surface area (Å²) in [4.78, 5) is 16.2. The van der Waals surface area contributed by atoms with E-state index in [1.54, 1.807) is 12.3 Å². The van der Waals surface area contributed by atoms with Crippen molar-refractivity contribution in [1.82, 2.24) is 4.98 Å². The molecule has 0 aliphatic heterocycles. The Labute approximate surface area is 125 Å². The van der Waals surface area contributed by atoms with Crippen LogP contribution in [0.15, 0.2) is 42.6 Å². The average molecular weight is 367 g/mol. The van der Waals surface area contributed by atoms with Crippen LogP contribution in [-0.4, -0.2) is 17.4 Å². The van der Waals surface area contributed by atoms with Crippen LogP contribution in [0, 0.1) is 3.57 Å². The lowest BCUT2D eigenvalue weighted by Crippen LogP contribution is -2.14. The lowest BCUT2D eigenvalue weighted by molar-refractivity contribution is 0.102. The molecule has 0 bridgehead atoms. The zero-order valence-electron chi connectivity index (χ0n) is 10.5. The van der Waals surface area contributed by atoms with Crippen molar-refractivity contribution in [2.75, 3.05) is 17.2 Å². The fraction of sp³-hybridized carbons (Fsp3) is 0.143. The van der Waals surface area contributed by atoms with Crippen LogP contribution in [0.5, 0.6) is 0 Å². The summed E-state index contributed by atoms with van der Waals surface area (Å²) in [5.41, 5.74) is 2.11. The third kappa shape index (κ3) is 3.66. The molecule has 1 aromatic heterocycles. The van der Waals surface area contributed by atoms with Gasteiger partial charge in [0.05, 0.1) is 17.6 Å². The zero-order valence-corrected chi connectivity index (χ0v) is 12.6. The smallest absolute Gasteiger partial charge is 0.274 e. The third-order valence-corrected chi connectivity index (χ3v) is 3.44. The lowest BCUT2D eigenvalue weighted by atomic mass is 10.3. The average Bonchev–Trinajstić information content (AvgIpc) is 2.42. The predicted molar refractivity (Wildman–Crippen MR) is 85.5 cm³/mol. The number of hydrogen-bond acceptors (Lipinski definition) is 3. The molecule has 0 atom stereocenters. The van der Waals surface area contributed by atoms with Crippen molar-refractivity contribution in [3.8, 4) is 0 Å². The number of amides is 1. The van der Waals surface area contributed by atoms with Crippen LogP contribution >= 0.6 is 22.6 Å². The number of pyridine rings is 1. The van der Waals surface area contributed by atoms with E-state index in [9.17, 15) is 4.79 Å². The van der Waals surface area contributed by atoms with Crippen molar-refractivity contribution in [2.45, 2.75) is 6.92 Å². The van der Waals surface area contributed by atoms with Crippen molar-refractivity contribution >= 4 is 39.9 Å². The van der Waals surface area contributed by atoms with E-state index in [2.05, 4.69) is 38.2 Å². The van der Waals surface area contributed by atoms with Crippen molar-refractivity contribution in [2.24, 2.45) is 0 Å². The quantitative estimate of drug-likeness (QED) is 0.815. The summed E-state index contributed by atoms with van der Waals surface area (Å²) in [5, 5.41) is 5.99. The number of para-hydroxylation sites is 1. The number of rotatable bonds is 4. The molecule has 2 N–H and O–H groups in total. The Morgan fingerprint density at radius 1 is 1.26 bits per heavy atom. The standard InChI is InChI=1S/C14H14IN3O/c1-2-16-10-7-8-13(17-9-10)14(19)18-12-6-4-3-5-11(12)15/h3-9,16H,2H2,1H3,(H,18,19). The van der Waals surface area contributed by atoms with Crippen LogP contribution in [0.4, 0.5) is 11.4 Å². The molecule has 1 aromatic carbocycles. The zero-order chi connectivity index (χ0) is 13.7. The van der Waals surface area contributed by atoms with Crippen molar-refractivity contribution < 1.29 is 4.79 Å². The molecule has 0 aliphatic carbocycles. The molecule has 1 amide bonds. The highest BCUT2D eigenvalue weighted by Gasteiger charge is 2.08. The molecule has 0 saturated carbocycles. The van der Waals surface area contributed by atoms with Crippen LogP contribution in [-0.2, 0) is 0 Å². The molecule has 0 spiro atoms. The number of nitrogens with one attached hydrogen (secondary N) is 2. The molecule has 0 unspecified atom stereocenters. The van der Waals surface area contributed by atoms with Crippen LogP contribution in [0.2, 0.25) is 0 Å². The Balaban J connectivity index is 2.10. The number of aromatic nitrogens is 1. The second kappa shape index (κ2) is 6.51. The molecule has 0 radical (unpaired) electrons. The minimum atomic E-state index is -0.202. The van der Waals surface area contributed by atoms with Gasteiger partial charge in [0.1, 0.15) is 5.69 Å². The highest BCUT2D eigenvalue weighted by Crippen LogP contribution is 2.17. The van der Waals surface area contributed by atoms with E-state index in [4.69, 9.17) is 0 Å². The summed E-state index contributed by atoms with van der Waals surface area (Å²) in [5.74, 6) is -0.202. The Hall–Kier alpha value is -1.63. The number of halogens is 1. The molecule has 4 nitrogen and oxygen atoms in total. The van der Waals surface area contributed by atoms with Crippen LogP contribution in [0.3, 0.4) is 0 Å². The van der Waals surface area contributed by atoms with Gasteiger partial charge < -0.3 is 10.6 Å². The van der Waals surface area contributed by atoms with Crippen molar-refractivity contribution in [1.29, 1.82) is 0 Å². The summed E-state index contributed by atoms with van der Waals surface area (Å²) >= 11 is 2.18. The number of benzene rings is 1. The van der Waals surface area contributed by atoms with Gasteiger partial charge in [-0.3, -0.25) is 4.79 Å². The van der Waals surface area contributed by atoms with Crippen molar-refractivity contribution in [3.05, 3.63) is 51.9 Å². The van der Waals surface area contributed by atoms with Gasteiger partial charge in [-0.2, -0.15) is 0 Å². The Morgan fingerprint density at radius 2 is 2.05 bits per heavy atom. The molecule has 2 aromatic rings. The summed E-state index contributed by atoms with van der Waals surface area (Å²) in [6.07, 6.45) is 1.66. The maximum atomic E-state index is 12.0. The van der Waals surface area contributed by atoms with Gasteiger partial charge in [0.2, 0.25) is 0 Å². The molecular formula is C14H14IN3O. The van der Waals surface area contributed by atoms with Gasteiger partial charge in [0.15, 0.2) is 0 Å². The van der Waals surface area contributed by atoms with E-state index in [1.807, 2.05) is 37.3 Å². The van der Waals surface area contributed by atoms with Crippen molar-refractivity contribution in [3.63, 3.8) is 0 Å². The number of nitrogens with zero attached hydrogens (tertiary/aromatic N) is 1. The monoisotopic (exact) mass is 367 g/mol. The molecule has 0 aliphatic rings. The van der Waals surface area contributed by atoms with Gasteiger partial charge in [-0.1, -0.05) is 12.1 Å². The fourth-order valence-electron chi connectivity index (χ4n) is 1.59. The number of hydrogen-bond donors (Lipinski definition) is 2. The fourth-order valence-corrected chi connectivity index (χ4v) is 2.11. The Kier molecular flexibility index (Phi) is 4.73. The Morgan fingerprint density at radius 3 is 2.68 bits per heavy atom. The summed E-state index contributed by atoms with van der Waals surface area (Å²) in [6, 6.07) is 11.2. The van der Waals surface area contributed by atoms with E-state index < -0.39 is 0 Å². The molecule has 5 heteroatoms. The first kappa shape index (κ1) is 13.8. The molecule has 1 heterocycles. The van der Waals surface area contributed by atoms with E-state index >= 15 is 0 Å². The minimum absolute atomic E-state index is 0.202. The van der Waals surface area contributed by atoms with Gasteiger partial charge >= 0.3 is 0 Å². The largest absolute Gasteiger partial charge is 0.384 e. The molecule has 0 saturated heterocycles. The Bertz CT molecular complexity index is 569. The lowest BCUT2D eigenvalue weighted by Gasteiger charge is -2.07. The predicted octanol–water partition coefficient (Wildman–Crippen LogP) is 3.37. The first-order valence-electron chi connectivity index (χ1n) is 5.96. The van der Waals surface area contributed by atoms with Gasteiger partial charge in [-0.15, -0.1) is 0 Å². The second-order valence-electron chi connectivity index (χ2n) is 3.90. The number of carbonyl (C=O) groups excluding carboxylic acids is 1. The highest BCUT2D eigenvalue weighted by molar-refractivity contribution is 14.1. The SMILES string of the molecule is CCNc1ccc(C(=O)Nc2ccccc2I)nc1. The summed E-state index contributed by atoms with van der Waals surface area (Å²) in [6.45, 7) is 2.84. The first-order valence-corrected chi connectivity index (χ1v) is 7.04. The molecule has 0 fully saturated rings. The third-order valence-electron chi connectivity index (χ3n) is 2.50. The van der Waals surface area contributed by atoms with Crippen LogP contribution in [0.25, 0.3) is 0 Å². The normalized spacial score (nSPS) is 10.0. The van der Waals surface area contributed by atoms with Gasteiger partial charge in [-0.05, 0) is 53.8 Å². The van der Waals surface area contributed by atoms with Crippen LogP contribution in [0.1, 0.15) is 17.4 Å². The first-order chi connectivity index (χ1) is 9.20. The van der Waals surface area contributed by atoms with E-state index in [0.717, 1.165) is 21.5 Å². The number of carbonyl (C=O) groups is 1. The molecule has 2 rings (SSSR count). The second-order valence-corrected chi connectivity index (χ2v) is 5.06. The summed E-state index contributed by atoms with van der Waals surface area (Å²) < 4.78 is 0.998. The topological polar surface area (TPSA) is 54.0 Å². The van der Waals surface area contributed by atoms with E-state index in [1.165, 1.54) is 0 Å². The van der Waals surface area contributed by atoms with Gasteiger partial charge in [0, 0.05) is 10.1 Å². The molecule has 19 heavy (non-hydrogen) atoms. The van der Waals surface area contributed by atoms with E-state index in [0.29, 0.717) is 5.69 Å². The maximum absolute atomic E-state index is 12.0. The highest BCUT2D eigenvalue weighted by atomic mass is 127. The summed E-state index contributed by atoms with van der Waals surface area (Å²) in [7, 11) is 0. The van der Waals surface area contributed by atoms with E-state index in [-0.39, 0.29) is 5.91 Å². The molecular weight excluding hydrogens is 353 g/mol. The molecule has 98 valence electrons. The van der Waals surface area contributed by atoms with Gasteiger partial charge in [0.25, 0.3) is 5.91 Å². The maximum Gasteiger partial charge on any atom is 0.274 e. The number of anilines is 2.